The van der Waals surface area contributed by atoms with Gasteiger partial charge in [-0.05, 0) is 64.2 Å². The van der Waals surface area contributed by atoms with Crippen molar-refractivity contribution in [3.8, 4) is 0 Å². The van der Waals surface area contributed by atoms with Crippen molar-refractivity contribution in [2.45, 2.75) is 356 Å². The van der Waals surface area contributed by atoms with Gasteiger partial charge in [-0.25, -0.2) is 0 Å². The van der Waals surface area contributed by atoms with Gasteiger partial charge in [-0.2, -0.15) is 0 Å². The molecule has 3 aliphatic heterocycles. The lowest BCUT2D eigenvalue weighted by Gasteiger charge is -2.48. The standard InChI is InChI=1S/C69H125NO18/c1-3-5-7-9-11-13-15-17-19-21-22-23-24-25-26-27-28-29-30-31-33-35-37-39-41-43-45-47-57(75)70-52(53(74)46-44-42-40-38-36-34-32-20-18-16-14-12-10-8-6-4-2)51-83-67-63(81)60(78)65(55(49-72)85-67)88-69-64(82)61(79)66(56(50-73)86-69)87-68-62(80)59(77)58(76)54(48-71)84-68/h15,17,21-22,36,38,44,46,52-56,58-69,71-74,76-82H,3-14,16,18-20,23-35,37,39-43,45,47-51H2,1-2H3,(H,70,75)/b17-15-,22-21-,38-36+,46-44+. The number of aliphatic hydroxyl groups excluding tert-OH is 11. The summed E-state index contributed by atoms with van der Waals surface area (Å²) in [6.07, 6.45) is 33.8. The van der Waals surface area contributed by atoms with Crippen LogP contribution in [0.3, 0.4) is 0 Å². The summed E-state index contributed by atoms with van der Waals surface area (Å²) in [5, 5.41) is 120. The van der Waals surface area contributed by atoms with Crippen molar-refractivity contribution in [3.05, 3.63) is 48.6 Å². The molecule has 17 unspecified atom stereocenters. The molecule has 0 radical (unpaired) electrons. The molecule has 0 aromatic heterocycles. The first-order valence-corrected chi connectivity index (χ1v) is 34.9. The average molecular weight is 1260 g/mol. The van der Waals surface area contributed by atoms with Crippen LogP contribution in [-0.2, 0) is 33.2 Å². The summed E-state index contributed by atoms with van der Waals surface area (Å²) in [6, 6.07) is -0.990. The van der Waals surface area contributed by atoms with E-state index >= 15 is 0 Å². The minimum absolute atomic E-state index is 0.236. The Hall–Kier alpha value is -2.25. The molecule has 3 heterocycles. The van der Waals surface area contributed by atoms with Crippen LogP contribution in [0.15, 0.2) is 48.6 Å². The molecule has 0 aromatic rings. The topological polar surface area (TPSA) is 307 Å². The molecule has 3 saturated heterocycles. The van der Waals surface area contributed by atoms with E-state index in [0.29, 0.717) is 12.8 Å². The lowest BCUT2D eigenvalue weighted by Crippen LogP contribution is -2.66. The number of rotatable bonds is 53. The van der Waals surface area contributed by atoms with Crippen LogP contribution in [0.4, 0.5) is 0 Å². The normalized spacial score (nSPS) is 28.7. The second-order valence-electron chi connectivity index (χ2n) is 25.0. The van der Waals surface area contributed by atoms with Gasteiger partial charge < -0.3 is 89.9 Å². The molecule has 0 bridgehead atoms. The number of carbonyl (C=O) groups is 1. The SMILES string of the molecule is CCCCCCC/C=C\C/C=C\CCCCCCCCCCCCCCCCCC(=O)NC(COC1OC(CO)C(OC2OC(CO)C(OC3OC(CO)C(O)C(O)C3O)C(O)C2O)C(O)C1O)C(O)/C=C/CC/C=C/CCCCCCCCCCCC. The van der Waals surface area contributed by atoms with Crippen LogP contribution in [-0.4, -0.2) is 193 Å². The number of nitrogens with one attached hydrogen (secondary N) is 1. The summed E-state index contributed by atoms with van der Waals surface area (Å²) >= 11 is 0. The van der Waals surface area contributed by atoms with E-state index in [4.69, 9.17) is 28.4 Å². The lowest BCUT2D eigenvalue weighted by molar-refractivity contribution is -0.379. The van der Waals surface area contributed by atoms with Crippen molar-refractivity contribution in [1.29, 1.82) is 0 Å². The van der Waals surface area contributed by atoms with Gasteiger partial charge in [0.1, 0.15) is 73.2 Å². The minimum atomic E-state index is -1.98. The number of ether oxygens (including phenoxy) is 6. The van der Waals surface area contributed by atoms with Crippen LogP contribution in [0.25, 0.3) is 0 Å². The van der Waals surface area contributed by atoms with Crippen LogP contribution in [0, 0.1) is 0 Å². The van der Waals surface area contributed by atoms with E-state index in [0.717, 1.165) is 44.9 Å². The molecule has 19 nitrogen and oxygen atoms in total. The van der Waals surface area contributed by atoms with Crippen molar-refractivity contribution in [1.82, 2.24) is 5.32 Å². The number of amides is 1. The Morgan fingerprint density at radius 3 is 1.20 bits per heavy atom. The number of aliphatic hydroxyl groups is 11. The molecule has 514 valence electrons. The molecule has 3 aliphatic rings. The monoisotopic (exact) mass is 1260 g/mol. The third-order valence-corrected chi connectivity index (χ3v) is 17.3. The Balaban J connectivity index is 1.42. The lowest BCUT2D eigenvalue weighted by atomic mass is 9.96. The Kier molecular flexibility index (Phi) is 46.5. The Morgan fingerprint density at radius 2 is 0.761 bits per heavy atom. The van der Waals surface area contributed by atoms with Crippen LogP contribution in [0.2, 0.25) is 0 Å². The van der Waals surface area contributed by atoms with Gasteiger partial charge in [0.15, 0.2) is 18.9 Å². The van der Waals surface area contributed by atoms with Gasteiger partial charge >= 0.3 is 0 Å². The highest BCUT2D eigenvalue weighted by molar-refractivity contribution is 5.76. The summed E-state index contributed by atoms with van der Waals surface area (Å²) in [4.78, 5) is 13.4. The molecule has 0 aliphatic carbocycles. The molecule has 88 heavy (non-hydrogen) atoms. The van der Waals surface area contributed by atoms with E-state index < -0.39 is 124 Å². The quantitative estimate of drug-likeness (QED) is 0.0200. The summed E-state index contributed by atoms with van der Waals surface area (Å²) in [6.45, 7) is 1.71. The fourth-order valence-electron chi connectivity index (χ4n) is 11.6. The van der Waals surface area contributed by atoms with E-state index in [1.165, 1.54) is 173 Å². The molecular formula is C69H125NO18. The molecule has 0 spiro atoms. The Labute approximate surface area is 529 Å². The van der Waals surface area contributed by atoms with Gasteiger partial charge in [-0.3, -0.25) is 4.79 Å². The van der Waals surface area contributed by atoms with Gasteiger partial charge in [0.05, 0.1) is 38.6 Å². The number of carbonyl (C=O) groups excluding carboxylic acids is 1. The summed E-state index contributed by atoms with van der Waals surface area (Å²) in [7, 11) is 0. The third kappa shape index (κ3) is 33.0. The first kappa shape index (κ1) is 80.0. The molecule has 0 aromatic carbocycles. The first-order chi connectivity index (χ1) is 42.8. The Morgan fingerprint density at radius 1 is 0.409 bits per heavy atom. The molecule has 19 heteroatoms. The van der Waals surface area contributed by atoms with Crippen molar-refractivity contribution < 1.29 is 89.4 Å². The van der Waals surface area contributed by atoms with Gasteiger partial charge in [0.2, 0.25) is 5.91 Å². The van der Waals surface area contributed by atoms with Crippen LogP contribution in [0.1, 0.15) is 251 Å². The second kappa shape index (κ2) is 51.2. The number of hydrogen-bond donors (Lipinski definition) is 12. The van der Waals surface area contributed by atoms with Crippen LogP contribution in [0.5, 0.6) is 0 Å². The predicted molar refractivity (Wildman–Crippen MR) is 342 cm³/mol. The zero-order chi connectivity index (χ0) is 64.0. The molecule has 3 rings (SSSR count). The smallest absolute Gasteiger partial charge is 0.220 e. The highest BCUT2D eigenvalue weighted by Crippen LogP contribution is 2.33. The fourth-order valence-corrected chi connectivity index (χ4v) is 11.6. The number of unbranched alkanes of at least 4 members (excludes halogenated alkanes) is 31. The Bertz CT molecular complexity index is 1790. The van der Waals surface area contributed by atoms with E-state index in [2.05, 4.69) is 55.6 Å². The maximum Gasteiger partial charge on any atom is 0.220 e. The highest BCUT2D eigenvalue weighted by atomic mass is 16.8. The van der Waals surface area contributed by atoms with E-state index in [9.17, 15) is 61.0 Å². The minimum Gasteiger partial charge on any atom is -0.394 e. The highest BCUT2D eigenvalue weighted by Gasteiger charge is 2.53. The summed E-state index contributed by atoms with van der Waals surface area (Å²) < 4.78 is 34.3. The number of hydrogen-bond acceptors (Lipinski definition) is 18. The van der Waals surface area contributed by atoms with Crippen molar-refractivity contribution in [2.75, 3.05) is 26.4 Å². The third-order valence-electron chi connectivity index (χ3n) is 17.3. The van der Waals surface area contributed by atoms with Gasteiger partial charge in [0, 0.05) is 6.42 Å². The maximum absolute atomic E-state index is 13.4. The summed E-state index contributed by atoms with van der Waals surface area (Å²) in [5.41, 5.74) is 0. The largest absolute Gasteiger partial charge is 0.394 e. The zero-order valence-electron chi connectivity index (χ0n) is 54.2. The number of allylic oxidation sites excluding steroid dienone is 7. The predicted octanol–water partition coefficient (Wildman–Crippen LogP) is 9.00. The van der Waals surface area contributed by atoms with Gasteiger partial charge in [-0.1, -0.05) is 229 Å². The van der Waals surface area contributed by atoms with Crippen molar-refractivity contribution in [2.24, 2.45) is 0 Å². The van der Waals surface area contributed by atoms with Crippen molar-refractivity contribution >= 4 is 5.91 Å². The fraction of sp³-hybridized carbons (Fsp3) is 0.870. The molecule has 1 amide bonds. The molecule has 3 fully saturated rings. The molecule has 12 N–H and O–H groups in total. The van der Waals surface area contributed by atoms with E-state index in [1.807, 2.05) is 6.08 Å². The molecule has 17 atom stereocenters. The van der Waals surface area contributed by atoms with Crippen LogP contribution >= 0.6 is 0 Å². The maximum atomic E-state index is 13.4. The van der Waals surface area contributed by atoms with Gasteiger partial charge in [0.25, 0.3) is 0 Å². The molecular weight excluding hydrogens is 1130 g/mol. The van der Waals surface area contributed by atoms with Crippen LogP contribution < -0.4 is 5.32 Å². The summed E-state index contributed by atoms with van der Waals surface area (Å²) in [5.74, 6) is -0.285. The van der Waals surface area contributed by atoms with E-state index in [1.54, 1.807) is 6.08 Å². The second-order valence-corrected chi connectivity index (χ2v) is 25.0. The zero-order valence-corrected chi connectivity index (χ0v) is 54.2. The van der Waals surface area contributed by atoms with E-state index in [-0.39, 0.29) is 18.9 Å². The average Bonchev–Trinajstić information content (AvgIpc) is 3.39. The van der Waals surface area contributed by atoms with Crippen molar-refractivity contribution in [3.63, 3.8) is 0 Å². The molecule has 0 saturated carbocycles. The first-order valence-electron chi connectivity index (χ1n) is 34.9. The van der Waals surface area contributed by atoms with Gasteiger partial charge in [-0.15, -0.1) is 0 Å².